The Morgan fingerprint density at radius 1 is 1.41 bits per heavy atom. The molecule has 1 amide bonds. The first-order chi connectivity index (χ1) is 14.0. The summed E-state index contributed by atoms with van der Waals surface area (Å²) in [4.78, 5) is 24.8. The summed E-state index contributed by atoms with van der Waals surface area (Å²) in [5.74, 6) is -0.710. The quantitative estimate of drug-likeness (QED) is 0.610. The van der Waals surface area contributed by atoms with Crippen molar-refractivity contribution in [2.75, 3.05) is 17.7 Å². The van der Waals surface area contributed by atoms with Gasteiger partial charge in [-0.15, -0.1) is 10.2 Å². The number of amides is 1. The molecule has 3 heterocycles. The molecule has 0 radical (unpaired) electrons. The minimum absolute atomic E-state index is 0.0463. The van der Waals surface area contributed by atoms with Crippen molar-refractivity contribution in [3.05, 3.63) is 39.5 Å². The lowest BCUT2D eigenvalue weighted by Crippen LogP contribution is -2.28. The van der Waals surface area contributed by atoms with Crippen LogP contribution in [-0.2, 0) is 7.05 Å². The summed E-state index contributed by atoms with van der Waals surface area (Å²) in [6.07, 6.45) is 4.93. The molecule has 9 nitrogen and oxygen atoms in total. The minimum atomic E-state index is -0.726. The topological polar surface area (TPSA) is 111 Å². The van der Waals surface area contributed by atoms with E-state index in [9.17, 15) is 9.59 Å². The van der Waals surface area contributed by atoms with E-state index in [2.05, 4.69) is 20.8 Å². The Morgan fingerprint density at radius 2 is 2.21 bits per heavy atom. The Labute approximate surface area is 174 Å². The van der Waals surface area contributed by atoms with Crippen molar-refractivity contribution in [1.29, 1.82) is 0 Å². The van der Waals surface area contributed by atoms with Gasteiger partial charge in [0.1, 0.15) is 0 Å². The lowest BCUT2D eigenvalue weighted by molar-refractivity contribution is 0.0991. The van der Waals surface area contributed by atoms with Gasteiger partial charge in [0.2, 0.25) is 10.9 Å². The molecule has 0 unspecified atom stereocenters. The Morgan fingerprint density at radius 3 is 2.83 bits per heavy atom. The van der Waals surface area contributed by atoms with Crippen LogP contribution in [-0.4, -0.2) is 33.8 Å². The third kappa shape index (κ3) is 3.85. The number of hydrogen-bond acceptors (Lipinski definition) is 8. The molecular formula is C18H18ClN5O4S. The average molecular weight is 436 g/mol. The van der Waals surface area contributed by atoms with Crippen molar-refractivity contribution >= 4 is 39.7 Å². The molecule has 0 bridgehead atoms. The van der Waals surface area contributed by atoms with Crippen LogP contribution in [0.5, 0.6) is 5.75 Å². The minimum Gasteiger partial charge on any atom is -0.488 e. The number of methoxy groups -OCH3 is 1. The van der Waals surface area contributed by atoms with Gasteiger partial charge in [-0.25, -0.2) is 4.79 Å². The third-order valence-corrected chi connectivity index (χ3v) is 5.82. The molecule has 0 spiro atoms. The van der Waals surface area contributed by atoms with Gasteiger partial charge in [-0.2, -0.15) is 0 Å². The van der Waals surface area contributed by atoms with Crippen LogP contribution in [0.4, 0.5) is 10.8 Å². The second-order valence-corrected chi connectivity index (χ2v) is 7.99. The van der Waals surface area contributed by atoms with Crippen LogP contribution in [0.1, 0.15) is 29.8 Å². The second-order valence-electron chi connectivity index (χ2n) is 6.61. The molecule has 29 heavy (non-hydrogen) atoms. The van der Waals surface area contributed by atoms with Crippen molar-refractivity contribution < 1.29 is 13.9 Å². The first-order valence-electron chi connectivity index (χ1n) is 8.91. The van der Waals surface area contributed by atoms with E-state index in [0.29, 0.717) is 21.4 Å². The fourth-order valence-corrected chi connectivity index (χ4v) is 4.12. The van der Waals surface area contributed by atoms with Crippen LogP contribution >= 0.6 is 22.9 Å². The van der Waals surface area contributed by atoms with E-state index < -0.39 is 11.5 Å². The van der Waals surface area contributed by atoms with Crippen LogP contribution in [0.2, 0.25) is 5.02 Å². The number of aryl methyl sites for hydroxylation is 1. The van der Waals surface area contributed by atoms with E-state index in [1.807, 2.05) is 11.6 Å². The number of carbonyl (C=O) groups excluding carboxylic acids is 1. The average Bonchev–Trinajstić information content (AvgIpc) is 3.23. The predicted octanol–water partition coefficient (Wildman–Crippen LogP) is 3.38. The van der Waals surface area contributed by atoms with E-state index >= 15 is 0 Å². The fraction of sp³-hybridized carbons (Fsp3) is 0.333. The van der Waals surface area contributed by atoms with Gasteiger partial charge in [-0.1, -0.05) is 22.9 Å². The summed E-state index contributed by atoms with van der Waals surface area (Å²) < 4.78 is 12.1. The summed E-state index contributed by atoms with van der Waals surface area (Å²) >= 11 is 7.34. The molecule has 0 saturated heterocycles. The van der Waals surface area contributed by atoms with E-state index in [0.717, 1.165) is 30.6 Å². The zero-order chi connectivity index (χ0) is 20.5. The maximum Gasteiger partial charge on any atom is 0.381 e. The van der Waals surface area contributed by atoms with Crippen LogP contribution in [0, 0.1) is 0 Å². The monoisotopic (exact) mass is 435 g/mol. The third-order valence-electron chi connectivity index (χ3n) is 4.67. The lowest BCUT2D eigenvalue weighted by Gasteiger charge is -2.27. The van der Waals surface area contributed by atoms with Crippen LogP contribution in [0.15, 0.2) is 27.5 Å². The van der Waals surface area contributed by atoms with Gasteiger partial charge in [0.15, 0.2) is 10.8 Å². The van der Waals surface area contributed by atoms with Gasteiger partial charge >= 0.3 is 5.63 Å². The van der Waals surface area contributed by atoms with Gasteiger partial charge in [0, 0.05) is 25.4 Å². The molecule has 0 aromatic carbocycles. The Hall–Kier alpha value is -2.85. The van der Waals surface area contributed by atoms with Crippen molar-refractivity contribution in [2.45, 2.75) is 25.3 Å². The van der Waals surface area contributed by atoms with Crippen molar-refractivity contribution in [2.24, 2.45) is 7.05 Å². The summed E-state index contributed by atoms with van der Waals surface area (Å²) in [5, 5.41) is 15.2. The molecule has 1 aliphatic carbocycles. The SMILES string of the molecule is COc1c(NC2CCC2)cc(C(=O)Nc2nnc(-c3c(Cl)ccn3C)s2)oc1=O. The first-order valence-corrected chi connectivity index (χ1v) is 10.1. The zero-order valence-electron chi connectivity index (χ0n) is 15.7. The van der Waals surface area contributed by atoms with Crippen molar-refractivity contribution in [1.82, 2.24) is 14.8 Å². The molecule has 3 aromatic rings. The number of aromatic nitrogens is 3. The molecule has 11 heteroatoms. The number of anilines is 2. The van der Waals surface area contributed by atoms with Crippen LogP contribution in [0.25, 0.3) is 10.7 Å². The summed E-state index contributed by atoms with van der Waals surface area (Å²) in [6.45, 7) is 0. The zero-order valence-corrected chi connectivity index (χ0v) is 17.3. The standard InChI is InChI=1S/C18H18ClN5O4S/c1-24-7-6-10(19)13(24)16-22-23-18(29-16)21-15(25)12-8-11(20-9-4-3-5-9)14(27-2)17(26)28-12/h6-9,20H,3-5H2,1-2H3,(H,21,23,25). The van der Waals surface area contributed by atoms with Crippen molar-refractivity contribution in [3.8, 4) is 16.5 Å². The van der Waals surface area contributed by atoms with Gasteiger partial charge in [-0.3, -0.25) is 10.1 Å². The number of ether oxygens (including phenoxy) is 1. The molecule has 2 N–H and O–H groups in total. The van der Waals surface area contributed by atoms with E-state index in [1.54, 1.807) is 12.3 Å². The number of rotatable bonds is 6. The van der Waals surface area contributed by atoms with Gasteiger partial charge in [0.25, 0.3) is 5.91 Å². The summed E-state index contributed by atoms with van der Waals surface area (Å²) in [6, 6.07) is 3.46. The highest BCUT2D eigenvalue weighted by Gasteiger charge is 2.23. The Bertz CT molecular complexity index is 1100. The van der Waals surface area contributed by atoms with Gasteiger partial charge in [0.05, 0.1) is 23.5 Å². The molecule has 4 rings (SSSR count). The molecule has 152 valence electrons. The van der Waals surface area contributed by atoms with Crippen LogP contribution < -0.4 is 21.0 Å². The summed E-state index contributed by atoms with van der Waals surface area (Å²) in [7, 11) is 3.22. The highest BCUT2D eigenvalue weighted by Crippen LogP contribution is 2.33. The number of hydrogen-bond donors (Lipinski definition) is 2. The number of halogens is 1. The maximum absolute atomic E-state index is 12.6. The highest BCUT2D eigenvalue weighted by atomic mass is 35.5. The normalized spacial score (nSPS) is 13.8. The Balaban J connectivity index is 1.56. The molecule has 1 saturated carbocycles. The predicted molar refractivity (Wildman–Crippen MR) is 110 cm³/mol. The number of nitrogens with one attached hydrogen (secondary N) is 2. The number of nitrogens with zero attached hydrogens (tertiary/aromatic N) is 3. The first kappa shape index (κ1) is 19.5. The van der Waals surface area contributed by atoms with Crippen molar-refractivity contribution in [3.63, 3.8) is 0 Å². The van der Waals surface area contributed by atoms with E-state index in [1.165, 1.54) is 13.2 Å². The molecule has 1 aliphatic rings. The fourth-order valence-electron chi connectivity index (χ4n) is 2.95. The molecule has 0 aliphatic heterocycles. The van der Waals surface area contributed by atoms with Gasteiger partial charge < -0.3 is 19.0 Å². The smallest absolute Gasteiger partial charge is 0.381 e. The summed E-state index contributed by atoms with van der Waals surface area (Å²) in [5.41, 5.74) is 0.412. The van der Waals surface area contributed by atoms with E-state index in [-0.39, 0.29) is 22.7 Å². The second kappa shape index (κ2) is 7.88. The van der Waals surface area contributed by atoms with Gasteiger partial charge in [-0.05, 0) is 25.3 Å². The lowest BCUT2D eigenvalue weighted by atomic mass is 9.93. The highest BCUT2D eigenvalue weighted by molar-refractivity contribution is 7.18. The molecule has 1 fully saturated rings. The van der Waals surface area contributed by atoms with Crippen LogP contribution in [0.3, 0.4) is 0 Å². The maximum atomic E-state index is 12.6. The number of carbonyl (C=O) groups is 1. The van der Waals surface area contributed by atoms with E-state index in [4.69, 9.17) is 20.8 Å². The molecule has 3 aromatic heterocycles. The molecule has 0 atom stereocenters. The largest absolute Gasteiger partial charge is 0.488 e. The molecular weight excluding hydrogens is 418 g/mol. The Kier molecular flexibility index (Phi) is 5.29.